The van der Waals surface area contributed by atoms with E-state index in [9.17, 15) is 4.79 Å². The van der Waals surface area contributed by atoms with E-state index in [1.54, 1.807) is 0 Å². The van der Waals surface area contributed by atoms with E-state index >= 15 is 0 Å². The van der Waals surface area contributed by atoms with Gasteiger partial charge in [0, 0.05) is 18.7 Å². The van der Waals surface area contributed by atoms with Crippen LogP contribution in [0.2, 0.25) is 0 Å². The van der Waals surface area contributed by atoms with Gasteiger partial charge in [0.05, 0.1) is 0 Å². The highest BCUT2D eigenvalue weighted by atomic mass is 16.2. The predicted octanol–water partition coefficient (Wildman–Crippen LogP) is 3.61. The molecule has 0 aliphatic carbocycles. The monoisotopic (exact) mass is 245 g/mol. The first-order valence-electron chi connectivity index (χ1n) is 6.88. The van der Waals surface area contributed by atoms with Crippen LogP contribution < -0.4 is 0 Å². The van der Waals surface area contributed by atoms with Crippen molar-refractivity contribution in [1.82, 2.24) is 4.90 Å². The van der Waals surface area contributed by atoms with Crippen molar-refractivity contribution in [2.45, 2.75) is 45.4 Å². The van der Waals surface area contributed by atoms with Crippen LogP contribution >= 0.6 is 0 Å². The minimum absolute atomic E-state index is 0.146. The van der Waals surface area contributed by atoms with Gasteiger partial charge in [-0.25, -0.2) is 0 Å². The van der Waals surface area contributed by atoms with Crippen LogP contribution in [-0.2, 0) is 5.41 Å². The molecule has 1 aromatic rings. The fourth-order valence-corrected chi connectivity index (χ4v) is 2.39. The number of rotatable bonds is 1. The first kappa shape index (κ1) is 13.1. The number of carbonyl (C=O) groups excluding carboxylic acids is 1. The van der Waals surface area contributed by atoms with E-state index in [1.165, 1.54) is 12.0 Å². The van der Waals surface area contributed by atoms with Crippen LogP contribution in [-0.4, -0.2) is 23.9 Å². The highest BCUT2D eigenvalue weighted by Crippen LogP contribution is 2.23. The van der Waals surface area contributed by atoms with Gasteiger partial charge in [0.2, 0.25) is 0 Å². The lowest BCUT2D eigenvalue weighted by molar-refractivity contribution is 0.0724. The summed E-state index contributed by atoms with van der Waals surface area (Å²) in [6, 6.07) is 8.10. The van der Waals surface area contributed by atoms with E-state index < -0.39 is 0 Å². The summed E-state index contributed by atoms with van der Waals surface area (Å²) in [4.78, 5) is 14.3. The Labute approximate surface area is 110 Å². The summed E-state index contributed by atoms with van der Waals surface area (Å²) in [7, 11) is 0. The Hall–Kier alpha value is -1.31. The molecule has 18 heavy (non-hydrogen) atoms. The number of nitrogens with zero attached hydrogens (tertiary/aromatic N) is 1. The molecule has 1 amide bonds. The zero-order valence-electron chi connectivity index (χ0n) is 11.7. The number of piperidine rings is 1. The molecule has 0 radical (unpaired) electrons. The molecule has 98 valence electrons. The van der Waals surface area contributed by atoms with Crippen molar-refractivity contribution in [3.05, 3.63) is 35.4 Å². The van der Waals surface area contributed by atoms with Gasteiger partial charge in [-0.3, -0.25) is 4.79 Å². The number of carbonyl (C=O) groups is 1. The average molecular weight is 245 g/mol. The molecule has 1 aliphatic heterocycles. The normalized spacial score (nSPS) is 16.7. The Morgan fingerprint density at radius 3 is 2.06 bits per heavy atom. The molecule has 0 unspecified atom stereocenters. The summed E-state index contributed by atoms with van der Waals surface area (Å²) in [6.07, 6.45) is 3.55. The topological polar surface area (TPSA) is 20.3 Å². The van der Waals surface area contributed by atoms with Crippen LogP contribution in [0.4, 0.5) is 0 Å². The zero-order chi connectivity index (χ0) is 13.2. The fraction of sp³-hybridized carbons (Fsp3) is 0.562. The maximum absolute atomic E-state index is 12.3. The van der Waals surface area contributed by atoms with E-state index in [-0.39, 0.29) is 11.3 Å². The number of hydrogen-bond donors (Lipinski definition) is 0. The van der Waals surface area contributed by atoms with Gasteiger partial charge < -0.3 is 4.90 Å². The molecule has 2 nitrogen and oxygen atoms in total. The first-order chi connectivity index (χ1) is 8.48. The largest absolute Gasteiger partial charge is 0.339 e. The van der Waals surface area contributed by atoms with Crippen molar-refractivity contribution in [2.24, 2.45) is 0 Å². The molecule has 0 atom stereocenters. The molecular weight excluding hydrogens is 222 g/mol. The maximum atomic E-state index is 12.3. The summed E-state index contributed by atoms with van der Waals surface area (Å²) in [5, 5.41) is 0. The zero-order valence-corrected chi connectivity index (χ0v) is 11.7. The smallest absolute Gasteiger partial charge is 0.253 e. The van der Waals surface area contributed by atoms with Gasteiger partial charge in [-0.2, -0.15) is 0 Å². The molecule has 2 rings (SSSR count). The number of amides is 1. The number of hydrogen-bond acceptors (Lipinski definition) is 1. The highest BCUT2D eigenvalue weighted by molar-refractivity contribution is 5.94. The fourth-order valence-electron chi connectivity index (χ4n) is 2.39. The van der Waals surface area contributed by atoms with Gasteiger partial charge in [-0.1, -0.05) is 32.9 Å². The second-order valence-corrected chi connectivity index (χ2v) is 6.18. The van der Waals surface area contributed by atoms with E-state index in [4.69, 9.17) is 0 Å². The van der Waals surface area contributed by atoms with Crippen molar-refractivity contribution in [3.63, 3.8) is 0 Å². The summed E-state index contributed by atoms with van der Waals surface area (Å²) < 4.78 is 0. The molecule has 1 saturated heterocycles. The third-order valence-corrected chi connectivity index (χ3v) is 3.64. The van der Waals surface area contributed by atoms with Crippen molar-refractivity contribution in [3.8, 4) is 0 Å². The second kappa shape index (κ2) is 5.13. The van der Waals surface area contributed by atoms with Gasteiger partial charge in [-0.15, -0.1) is 0 Å². The molecule has 0 bridgehead atoms. The van der Waals surface area contributed by atoms with Gasteiger partial charge in [-0.05, 0) is 42.4 Å². The molecule has 1 aromatic carbocycles. The summed E-state index contributed by atoms with van der Waals surface area (Å²) in [5.41, 5.74) is 2.25. The first-order valence-corrected chi connectivity index (χ1v) is 6.88. The molecule has 0 saturated carbocycles. The molecule has 0 aromatic heterocycles. The minimum Gasteiger partial charge on any atom is -0.339 e. The Balaban J connectivity index is 2.11. The molecule has 1 fully saturated rings. The van der Waals surface area contributed by atoms with E-state index in [0.29, 0.717) is 0 Å². The third-order valence-electron chi connectivity index (χ3n) is 3.64. The number of likely N-dealkylation sites (tertiary alicyclic amines) is 1. The van der Waals surface area contributed by atoms with Crippen molar-refractivity contribution >= 4 is 5.91 Å². The van der Waals surface area contributed by atoms with Gasteiger partial charge in [0.15, 0.2) is 0 Å². The lowest BCUT2D eigenvalue weighted by Gasteiger charge is -2.27. The summed E-state index contributed by atoms with van der Waals surface area (Å²) >= 11 is 0. The Morgan fingerprint density at radius 1 is 1.00 bits per heavy atom. The maximum Gasteiger partial charge on any atom is 0.253 e. The van der Waals surface area contributed by atoms with Crippen molar-refractivity contribution < 1.29 is 4.79 Å². The Morgan fingerprint density at radius 2 is 1.56 bits per heavy atom. The van der Waals surface area contributed by atoms with E-state index in [2.05, 4.69) is 32.9 Å². The van der Waals surface area contributed by atoms with Crippen LogP contribution in [0.5, 0.6) is 0 Å². The lowest BCUT2D eigenvalue weighted by Crippen LogP contribution is -2.35. The second-order valence-electron chi connectivity index (χ2n) is 6.18. The predicted molar refractivity (Wildman–Crippen MR) is 74.9 cm³/mol. The quantitative estimate of drug-likeness (QED) is 0.740. The lowest BCUT2D eigenvalue weighted by atomic mass is 9.86. The average Bonchev–Trinajstić information content (AvgIpc) is 2.38. The molecule has 2 heteroatoms. The summed E-state index contributed by atoms with van der Waals surface area (Å²) in [5.74, 6) is 0.190. The highest BCUT2D eigenvalue weighted by Gasteiger charge is 2.19. The van der Waals surface area contributed by atoms with E-state index in [1.807, 2.05) is 17.0 Å². The van der Waals surface area contributed by atoms with Crippen LogP contribution in [0.1, 0.15) is 56.0 Å². The molecule has 0 spiro atoms. The SMILES string of the molecule is CC(C)(C)c1ccc(C(=O)N2CCCCC2)cc1. The van der Waals surface area contributed by atoms with Gasteiger partial charge >= 0.3 is 0 Å². The molecule has 0 N–H and O–H groups in total. The van der Waals surface area contributed by atoms with Crippen LogP contribution in [0.3, 0.4) is 0 Å². The van der Waals surface area contributed by atoms with Gasteiger partial charge in [0.25, 0.3) is 5.91 Å². The Bertz CT molecular complexity index is 408. The molecule has 1 heterocycles. The Kier molecular flexibility index (Phi) is 3.74. The van der Waals surface area contributed by atoms with Crippen molar-refractivity contribution in [2.75, 3.05) is 13.1 Å². The van der Waals surface area contributed by atoms with Crippen LogP contribution in [0, 0.1) is 0 Å². The van der Waals surface area contributed by atoms with Crippen molar-refractivity contribution in [1.29, 1.82) is 0 Å². The molecule has 1 aliphatic rings. The van der Waals surface area contributed by atoms with Gasteiger partial charge in [0.1, 0.15) is 0 Å². The van der Waals surface area contributed by atoms with E-state index in [0.717, 1.165) is 31.5 Å². The summed E-state index contributed by atoms with van der Waals surface area (Å²) in [6.45, 7) is 8.40. The number of benzene rings is 1. The standard InChI is InChI=1S/C16H23NO/c1-16(2,3)14-9-7-13(8-10-14)15(18)17-11-5-4-6-12-17/h7-10H,4-6,11-12H2,1-3H3. The van der Waals surface area contributed by atoms with Crippen LogP contribution in [0.15, 0.2) is 24.3 Å². The van der Waals surface area contributed by atoms with Crippen LogP contribution in [0.25, 0.3) is 0 Å². The molecular formula is C16H23NO. The third kappa shape index (κ3) is 2.92. The minimum atomic E-state index is 0.146.